The fourth-order valence-corrected chi connectivity index (χ4v) is 3.47. The number of piperidine rings is 1. The zero-order valence-electron chi connectivity index (χ0n) is 16.7. The summed E-state index contributed by atoms with van der Waals surface area (Å²) >= 11 is 0. The SMILES string of the molecule is COc1ccc(OC2CCCN(C(=O)c3cc4cccc(OC)c4oc3=O)C2)nn1. The number of rotatable bonds is 5. The Hall–Kier alpha value is -3.62. The summed E-state index contributed by atoms with van der Waals surface area (Å²) in [6, 6.07) is 10.1. The van der Waals surface area contributed by atoms with E-state index in [1.807, 2.05) is 0 Å². The number of carbonyl (C=O) groups is 1. The molecule has 0 aliphatic carbocycles. The zero-order chi connectivity index (χ0) is 21.1. The third-order valence-electron chi connectivity index (χ3n) is 4.95. The molecule has 1 amide bonds. The van der Waals surface area contributed by atoms with E-state index in [1.165, 1.54) is 14.2 Å². The first-order valence-electron chi connectivity index (χ1n) is 9.53. The number of ether oxygens (including phenoxy) is 3. The molecule has 30 heavy (non-hydrogen) atoms. The number of hydrogen-bond donors (Lipinski definition) is 0. The van der Waals surface area contributed by atoms with Gasteiger partial charge in [-0.05, 0) is 25.0 Å². The highest BCUT2D eigenvalue weighted by Crippen LogP contribution is 2.25. The molecule has 9 nitrogen and oxygen atoms in total. The zero-order valence-corrected chi connectivity index (χ0v) is 16.7. The Morgan fingerprint density at radius 1 is 1.13 bits per heavy atom. The largest absolute Gasteiger partial charge is 0.493 e. The van der Waals surface area contributed by atoms with Crippen LogP contribution in [-0.2, 0) is 0 Å². The van der Waals surface area contributed by atoms with E-state index in [0.29, 0.717) is 41.6 Å². The van der Waals surface area contributed by atoms with Gasteiger partial charge in [-0.25, -0.2) is 4.79 Å². The predicted octanol–water partition coefficient (Wildman–Crippen LogP) is 2.28. The molecular weight excluding hydrogens is 390 g/mol. The number of methoxy groups -OCH3 is 2. The molecule has 9 heteroatoms. The van der Waals surface area contributed by atoms with Crippen LogP contribution in [-0.4, -0.2) is 54.4 Å². The average molecular weight is 411 g/mol. The van der Waals surface area contributed by atoms with Crippen LogP contribution < -0.4 is 19.8 Å². The number of likely N-dealkylation sites (tertiary alicyclic amines) is 1. The second-order valence-corrected chi connectivity index (χ2v) is 6.87. The third-order valence-corrected chi connectivity index (χ3v) is 4.95. The summed E-state index contributed by atoms with van der Waals surface area (Å²) < 4.78 is 21.4. The van der Waals surface area contributed by atoms with Crippen LogP contribution in [0.2, 0.25) is 0 Å². The van der Waals surface area contributed by atoms with E-state index < -0.39 is 5.63 Å². The molecule has 3 heterocycles. The molecule has 1 atom stereocenters. The van der Waals surface area contributed by atoms with Gasteiger partial charge in [0, 0.05) is 24.1 Å². The first kappa shape index (κ1) is 19.7. The van der Waals surface area contributed by atoms with E-state index in [2.05, 4.69) is 10.2 Å². The predicted molar refractivity (Wildman–Crippen MR) is 107 cm³/mol. The number of nitrogens with zero attached hydrogens (tertiary/aromatic N) is 3. The van der Waals surface area contributed by atoms with Gasteiger partial charge < -0.3 is 23.5 Å². The molecule has 3 aromatic rings. The minimum Gasteiger partial charge on any atom is -0.493 e. The second kappa shape index (κ2) is 8.40. The van der Waals surface area contributed by atoms with Crippen LogP contribution in [0.3, 0.4) is 0 Å². The minimum absolute atomic E-state index is 0.0133. The molecule has 4 rings (SSSR count). The first-order valence-corrected chi connectivity index (χ1v) is 9.53. The quantitative estimate of drug-likeness (QED) is 0.589. The van der Waals surface area contributed by atoms with Crippen LogP contribution >= 0.6 is 0 Å². The molecule has 1 aromatic carbocycles. The summed E-state index contributed by atoms with van der Waals surface area (Å²) in [7, 11) is 3.00. The van der Waals surface area contributed by atoms with Crippen molar-refractivity contribution < 1.29 is 23.4 Å². The van der Waals surface area contributed by atoms with Crippen LogP contribution in [0.25, 0.3) is 11.0 Å². The molecule has 1 aliphatic rings. The number of benzene rings is 1. The van der Waals surface area contributed by atoms with Gasteiger partial charge in [0.05, 0.1) is 20.8 Å². The molecule has 0 radical (unpaired) electrons. The van der Waals surface area contributed by atoms with Crippen molar-refractivity contribution in [2.75, 3.05) is 27.3 Å². The lowest BCUT2D eigenvalue weighted by Crippen LogP contribution is -2.45. The number of amides is 1. The Kier molecular flexibility index (Phi) is 5.51. The summed E-state index contributed by atoms with van der Waals surface area (Å²) in [5.41, 5.74) is -0.388. The molecule has 0 N–H and O–H groups in total. The van der Waals surface area contributed by atoms with Gasteiger partial charge in [0.15, 0.2) is 11.3 Å². The molecule has 1 saturated heterocycles. The van der Waals surface area contributed by atoms with Gasteiger partial charge in [-0.1, -0.05) is 12.1 Å². The highest BCUT2D eigenvalue weighted by molar-refractivity contribution is 5.97. The second-order valence-electron chi connectivity index (χ2n) is 6.87. The van der Waals surface area contributed by atoms with E-state index in [9.17, 15) is 9.59 Å². The van der Waals surface area contributed by atoms with Gasteiger partial charge in [0.25, 0.3) is 5.91 Å². The normalized spacial score (nSPS) is 16.3. The molecule has 2 aromatic heterocycles. The summed E-state index contributed by atoms with van der Waals surface area (Å²) in [5.74, 6) is 0.799. The van der Waals surface area contributed by atoms with Gasteiger partial charge in [-0.15, -0.1) is 10.2 Å². The Balaban J connectivity index is 1.52. The standard InChI is InChI=1S/C21H21N3O6/c1-27-16-7-3-5-13-11-15(21(26)30-19(13)16)20(25)24-10-4-6-14(12-24)29-18-9-8-17(28-2)22-23-18/h3,5,7-9,11,14H,4,6,10,12H2,1-2H3. The van der Waals surface area contributed by atoms with E-state index in [0.717, 1.165) is 12.8 Å². The maximum Gasteiger partial charge on any atom is 0.349 e. The van der Waals surface area contributed by atoms with Crippen LogP contribution in [0, 0.1) is 0 Å². The van der Waals surface area contributed by atoms with Gasteiger partial charge in [0.2, 0.25) is 11.8 Å². The Labute approximate surface area is 172 Å². The monoisotopic (exact) mass is 411 g/mol. The van der Waals surface area contributed by atoms with Crippen molar-refractivity contribution in [3.63, 3.8) is 0 Å². The van der Waals surface area contributed by atoms with E-state index in [-0.39, 0.29) is 17.6 Å². The molecule has 1 aliphatic heterocycles. The first-order chi connectivity index (χ1) is 14.6. The summed E-state index contributed by atoms with van der Waals surface area (Å²) in [5, 5.41) is 8.46. The van der Waals surface area contributed by atoms with Gasteiger partial charge in [0.1, 0.15) is 11.7 Å². The smallest absolute Gasteiger partial charge is 0.349 e. The van der Waals surface area contributed by atoms with Crippen LogP contribution in [0.15, 0.2) is 45.6 Å². The van der Waals surface area contributed by atoms with Crippen molar-refractivity contribution >= 4 is 16.9 Å². The molecule has 0 saturated carbocycles. The fraction of sp³-hybridized carbons (Fsp3) is 0.333. The highest BCUT2D eigenvalue weighted by Gasteiger charge is 2.28. The molecule has 0 spiro atoms. The van der Waals surface area contributed by atoms with Crippen LogP contribution in [0.4, 0.5) is 0 Å². The topological polar surface area (TPSA) is 104 Å². The lowest BCUT2D eigenvalue weighted by Gasteiger charge is -2.32. The van der Waals surface area contributed by atoms with E-state index in [1.54, 1.807) is 41.3 Å². The molecule has 156 valence electrons. The lowest BCUT2D eigenvalue weighted by molar-refractivity contribution is 0.0521. The fourth-order valence-electron chi connectivity index (χ4n) is 3.47. The number of fused-ring (bicyclic) bond motifs is 1. The average Bonchev–Trinajstić information content (AvgIpc) is 2.78. The summed E-state index contributed by atoms with van der Waals surface area (Å²) in [4.78, 5) is 27.1. The summed E-state index contributed by atoms with van der Waals surface area (Å²) in [6.07, 6.45) is 1.26. The molecule has 0 bridgehead atoms. The van der Waals surface area contributed by atoms with E-state index >= 15 is 0 Å². The van der Waals surface area contributed by atoms with Crippen LogP contribution in [0.5, 0.6) is 17.5 Å². The number of carbonyl (C=O) groups excluding carboxylic acids is 1. The van der Waals surface area contributed by atoms with Gasteiger partial charge in [-0.2, -0.15) is 0 Å². The molecular formula is C21H21N3O6. The lowest BCUT2D eigenvalue weighted by atomic mass is 10.1. The van der Waals surface area contributed by atoms with E-state index in [4.69, 9.17) is 18.6 Å². The Bertz CT molecular complexity index is 1110. The number of para-hydroxylation sites is 1. The van der Waals surface area contributed by atoms with Crippen LogP contribution in [0.1, 0.15) is 23.2 Å². The number of hydrogen-bond acceptors (Lipinski definition) is 8. The summed E-state index contributed by atoms with van der Waals surface area (Å²) in [6.45, 7) is 0.866. The van der Waals surface area contributed by atoms with Crippen molar-refractivity contribution in [2.45, 2.75) is 18.9 Å². The van der Waals surface area contributed by atoms with Crippen molar-refractivity contribution in [1.29, 1.82) is 0 Å². The van der Waals surface area contributed by atoms with Gasteiger partial charge >= 0.3 is 5.63 Å². The highest BCUT2D eigenvalue weighted by atomic mass is 16.5. The maximum absolute atomic E-state index is 13.0. The minimum atomic E-state index is -0.693. The Morgan fingerprint density at radius 2 is 1.93 bits per heavy atom. The van der Waals surface area contributed by atoms with Crippen molar-refractivity contribution in [3.05, 3.63) is 52.4 Å². The molecule has 1 fully saturated rings. The van der Waals surface area contributed by atoms with Crippen molar-refractivity contribution in [1.82, 2.24) is 15.1 Å². The van der Waals surface area contributed by atoms with Crippen molar-refractivity contribution in [2.24, 2.45) is 0 Å². The van der Waals surface area contributed by atoms with Gasteiger partial charge in [-0.3, -0.25) is 4.79 Å². The third kappa shape index (κ3) is 3.91. The van der Waals surface area contributed by atoms with Crippen molar-refractivity contribution in [3.8, 4) is 17.5 Å². The number of aromatic nitrogens is 2. The molecule has 1 unspecified atom stereocenters. The Morgan fingerprint density at radius 3 is 2.67 bits per heavy atom. The maximum atomic E-state index is 13.0.